The van der Waals surface area contributed by atoms with Crippen LogP contribution in [0.4, 0.5) is 11.4 Å². The van der Waals surface area contributed by atoms with Gasteiger partial charge in [0, 0.05) is 62.0 Å². The van der Waals surface area contributed by atoms with Gasteiger partial charge in [0.25, 0.3) is 0 Å². The van der Waals surface area contributed by atoms with Gasteiger partial charge in [-0.3, -0.25) is 19.3 Å². The normalized spacial score (nSPS) is 21.0. The molecule has 3 N–H and O–H groups in total. The lowest BCUT2D eigenvalue weighted by Gasteiger charge is -2.25. The van der Waals surface area contributed by atoms with Crippen molar-refractivity contribution in [3.05, 3.63) is 24.3 Å². The zero-order valence-corrected chi connectivity index (χ0v) is 22.6. The van der Waals surface area contributed by atoms with Crippen LogP contribution in [0.5, 0.6) is 0 Å². The maximum Gasteiger partial charge on any atom is 0.238 e. The molecule has 3 atom stereocenters. The molecule has 3 amide bonds. The van der Waals surface area contributed by atoms with E-state index in [2.05, 4.69) is 26.9 Å². The van der Waals surface area contributed by atoms with Gasteiger partial charge in [0.05, 0.1) is 23.2 Å². The number of hydrogen-bond donors (Lipinski definition) is 3. The Morgan fingerprint density at radius 3 is 2.67 bits per heavy atom. The molecule has 0 aliphatic carbocycles. The molecule has 0 spiro atoms. The van der Waals surface area contributed by atoms with Gasteiger partial charge in [-0.05, 0) is 38.5 Å². The van der Waals surface area contributed by atoms with Gasteiger partial charge in [0.15, 0.2) is 0 Å². The molecule has 0 bridgehead atoms. The summed E-state index contributed by atoms with van der Waals surface area (Å²) in [6, 6.07) is 9.69. The van der Waals surface area contributed by atoms with Gasteiger partial charge >= 0.3 is 0 Å². The average Bonchev–Trinajstić information content (AvgIpc) is 3.17. The topological polar surface area (TPSA) is 118 Å². The fourth-order valence-electron chi connectivity index (χ4n) is 4.32. The maximum atomic E-state index is 12.9. The van der Waals surface area contributed by atoms with E-state index < -0.39 is 5.92 Å². The van der Waals surface area contributed by atoms with Crippen molar-refractivity contribution in [3.63, 3.8) is 0 Å². The molecule has 2 aliphatic rings. The Morgan fingerprint density at radius 2 is 1.97 bits per heavy atom. The first-order valence-electron chi connectivity index (χ1n) is 12.5. The van der Waals surface area contributed by atoms with Crippen LogP contribution >= 0.6 is 23.5 Å². The lowest BCUT2D eigenvalue weighted by atomic mass is 10.1. The Hall–Kier alpha value is -2.42. The van der Waals surface area contributed by atoms with E-state index in [1.165, 1.54) is 11.8 Å². The van der Waals surface area contributed by atoms with Crippen molar-refractivity contribution in [3.8, 4) is 6.07 Å². The van der Waals surface area contributed by atoms with E-state index in [1.807, 2.05) is 49.9 Å². The van der Waals surface area contributed by atoms with E-state index in [-0.39, 0.29) is 28.3 Å². The Labute approximate surface area is 222 Å². The number of rotatable bonds is 12. The first-order valence-corrected chi connectivity index (χ1v) is 14.6. The zero-order valence-electron chi connectivity index (χ0n) is 21.0. The number of amides is 3. The number of hydrogen-bond acceptors (Lipinski definition) is 8. The van der Waals surface area contributed by atoms with Gasteiger partial charge in [-0.2, -0.15) is 17.0 Å². The molecule has 1 aromatic rings. The Bertz CT molecular complexity index is 950. The first-order chi connectivity index (χ1) is 17.4. The van der Waals surface area contributed by atoms with Crippen LogP contribution in [0, 0.1) is 17.2 Å². The summed E-state index contributed by atoms with van der Waals surface area (Å²) in [5.41, 5.74) is 1.62. The lowest BCUT2D eigenvalue weighted by molar-refractivity contribution is -0.131. The molecule has 2 heterocycles. The van der Waals surface area contributed by atoms with Gasteiger partial charge in [0.2, 0.25) is 17.7 Å². The Morgan fingerprint density at radius 1 is 1.22 bits per heavy atom. The Kier molecular flexibility index (Phi) is 11.2. The van der Waals surface area contributed by atoms with Crippen molar-refractivity contribution in [1.82, 2.24) is 15.1 Å². The highest BCUT2D eigenvalue weighted by Crippen LogP contribution is 2.37. The summed E-state index contributed by atoms with van der Waals surface area (Å²) in [7, 11) is 0. The van der Waals surface area contributed by atoms with Crippen LogP contribution in [0.1, 0.15) is 26.7 Å². The Balaban J connectivity index is 1.48. The van der Waals surface area contributed by atoms with Crippen LogP contribution in [-0.2, 0) is 14.4 Å². The van der Waals surface area contributed by atoms with Crippen LogP contribution in [0.15, 0.2) is 24.3 Å². The van der Waals surface area contributed by atoms with Crippen LogP contribution in [0.3, 0.4) is 0 Å². The first kappa shape index (κ1) is 28.2. The minimum atomic E-state index is -0.770. The van der Waals surface area contributed by atoms with E-state index in [9.17, 15) is 19.6 Å². The summed E-state index contributed by atoms with van der Waals surface area (Å²) in [5, 5.41) is 18.1. The highest BCUT2D eigenvalue weighted by atomic mass is 32.2. The number of nitrogens with one attached hydrogen (secondary N) is 3. The predicted octanol–water partition coefficient (Wildman–Crippen LogP) is 2.43. The number of carbonyl (C=O) groups is 3. The third kappa shape index (κ3) is 8.05. The van der Waals surface area contributed by atoms with Gasteiger partial charge in [-0.15, -0.1) is 11.8 Å². The summed E-state index contributed by atoms with van der Waals surface area (Å²) < 4.78 is 0. The molecule has 2 saturated heterocycles. The molecule has 3 rings (SSSR count). The molecule has 9 nitrogen and oxygen atoms in total. The van der Waals surface area contributed by atoms with E-state index in [0.29, 0.717) is 39.0 Å². The molecular formula is C25H36N6O3S2. The summed E-state index contributed by atoms with van der Waals surface area (Å²) in [6.07, 6.45) is 0.951. The standard InChI is InChI=1S/C25H36N6O3S2/c1-3-27-24(33)18(16-26)14-23-31(4-2)25(34)21(36-23)8-9-28-19-6-5-7-20(15-19)29-22(32)17-30-10-12-35-13-11-30/h5-7,15,18,21,23,28H,3-4,8-14,17H2,1-2H3,(H,27,33)(H,29,32). The minimum absolute atomic E-state index is 0.0130. The largest absolute Gasteiger partial charge is 0.385 e. The SMILES string of the molecule is CCNC(=O)C(C#N)CC1SC(CCNc2cccc(NC(=O)CN3CCSCC3)c2)C(=O)N1CC. The molecule has 3 unspecified atom stereocenters. The molecular weight excluding hydrogens is 496 g/mol. The molecule has 2 fully saturated rings. The van der Waals surface area contributed by atoms with Gasteiger partial charge < -0.3 is 20.9 Å². The van der Waals surface area contributed by atoms with Gasteiger partial charge in [-0.1, -0.05) is 6.07 Å². The van der Waals surface area contributed by atoms with Crippen molar-refractivity contribution in [2.24, 2.45) is 5.92 Å². The van der Waals surface area contributed by atoms with Crippen molar-refractivity contribution in [1.29, 1.82) is 5.26 Å². The van der Waals surface area contributed by atoms with E-state index in [0.717, 1.165) is 36.0 Å². The van der Waals surface area contributed by atoms with Gasteiger partial charge in [0.1, 0.15) is 5.92 Å². The third-order valence-corrected chi connectivity index (χ3v) is 8.65. The molecule has 2 aliphatic heterocycles. The van der Waals surface area contributed by atoms with Crippen LogP contribution in [-0.4, -0.2) is 88.9 Å². The summed E-state index contributed by atoms with van der Waals surface area (Å²) in [4.78, 5) is 41.5. The second-order valence-corrected chi connectivity index (χ2v) is 11.4. The quantitative estimate of drug-likeness (QED) is 0.376. The summed E-state index contributed by atoms with van der Waals surface area (Å²) in [5.74, 6) is 1.13. The molecule has 0 aromatic heterocycles. The molecule has 196 valence electrons. The second-order valence-electron chi connectivity index (χ2n) is 8.75. The molecule has 1 aromatic carbocycles. The highest BCUT2D eigenvalue weighted by Gasteiger charge is 2.40. The predicted molar refractivity (Wildman–Crippen MR) is 147 cm³/mol. The van der Waals surface area contributed by atoms with Crippen molar-refractivity contribution in [2.45, 2.75) is 37.3 Å². The van der Waals surface area contributed by atoms with E-state index in [1.54, 1.807) is 4.90 Å². The molecule has 36 heavy (non-hydrogen) atoms. The van der Waals surface area contributed by atoms with Crippen LogP contribution < -0.4 is 16.0 Å². The maximum absolute atomic E-state index is 12.9. The minimum Gasteiger partial charge on any atom is -0.385 e. The molecule has 11 heteroatoms. The smallest absolute Gasteiger partial charge is 0.238 e. The molecule has 0 radical (unpaired) electrons. The van der Waals surface area contributed by atoms with Crippen molar-refractivity contribution in [2.75, 3.05) is 61.4 Å². The lowest BCUT2D eigenvalue weighted by Crippen LogP contribution is -2.38. The second kappa shape index (κ2) is 14.4. The van der Waals surface area contributed by atoms with Crippen molar-refractivity contribution < 1.29 is 14.4 Å². The van der Waals surface area contributed by atoms with Crippen LogP contribution in [0.25, 0.3) is 0 Å². The number of nitrogens with zero attached hydrogens (tertiary/aromatic N) is 3. The fourth-order valence-corrected chi connectivity index (χ4v) is 6.88. The van der Waals surface area contributed by atoms with Gasteiger partial charge in [-0.25, -0.2) is 0 Å². The number of thioether (sulfide) groups is 2. The van der Waals surface area contributed by atoms with Crippen LogP contribution in [0.2, 0.25) is 0 Å². The van der Waals surface area contributed by atoms with E-state index in [4.69, 9.17) is 0 Å². The monoisotopic (exact) mass is 532 g/mol. The van der Waals surface area contributed by atoms with E-state index >= 15 is 0 Å². The highest BCUT2D eigenvalue weighted by molar-refractivity contribution is 8.01. The summed E-state index contributed by atoms with van der Waals surface area (Å²) >= 11 is 3.46. The number of anilines is 2. The summed E-state index contributed by atoms with van der Waals surface area (Å²) in [6.45, 7) is 7.64. The average molecular weight is 533 g/mol. The third-order valence-electron chi connectivity index (χ3n) is 6.18. The zero-order chi connectivity index (χ0) is 25.9. The number of carbonyl (C=O) groups excluding carboxylic acids is 3. The number of nitriles is 1. The molecule has 0 saturated carbocycles. The number of benzene rings is 1. The van der Waals surface area contributed by atoms with Crippen molar-refractivity contribution >= 4 is 52.6 Å². The fraction of sp³-hybridized carbons (Fsp3) is 0.600.